The van der Waals surface area contributed by atoms with E-state index in [1.54, 1.807) is 12.1 Å². The van der Waals surface area contributed by atoms with Crippen molar-refractivity contribution >= 4 is 71.1 Å². The van der Waals surface area contributed by atoms with E-state index in [-0.39, 0.29) is 38.0 Å². The molecule has 2 N–H and O–H groups in total. The van der Waals surface area contributed by atoms with Gasteiger partial charge in [-0.2, -0.15) is 26.3 Å². The molecule has 0 saturated carbocycles. The average molecular weight is 948 g/mol. The van der Waals surface area contributed by atoms with Crippen LogP contribution in [0, 0.1) is 0 Å². The van der Waals surface area contributed by atoms with E-state index in [9.17, 15) is 26.3 Å². The van der Waals surface area contributed by atoms with Crippen LogP contribution in [0.4, 0.5) is 49.1 Å². The average Bonchev–Trinajstić information content (AvgIpc) is 3.24. The fraction of sp³-hybridized carbons (Fsp3) is 0.455. The summed E-state index contributed by atoms with van der Waals surface area (Å²) in [5.74, 6) is 0. The quantitative estimate of drug-likeness (QED) is 0.135. The molecule has 340 valence electrons. The molecule has 0 unspecified atom stereocenters. The summed E-state index contributed by atoms with van der Waals surface area (Å²) in [6.07, 6.45) is -6.96. The van der Waals surface area contributed by atoms with E-state index < -0.39 is 23.5 Å². The minimum absolute atomic E-state index is 0. The summed E-state index contributed by atoms with van der Waals surface area (Å²) in [5, 5.41) is 18.1. The van der Waals surface area contributed by atoms with Gasteiger partial charge in [0.1, 0.15) is 0 Å². The molecule has 2 fully saturated rings. The first kappa shape index (κ1) is 50.1. The molecule has 0 aliphatic carbocycles. The third-order valence-electron chi connectivity index (χ3n) is 11.4. The number of hydrogen-bond acceptors (Lipinski definition) is 10. The van der Waals surface area contributed by atoms with Gasteiger partial charge in [-0.15, -0.1) is 24.8 Å². The highest BCUT2D eigenvalue weighted by molar-refractivity contribution is 8.00. The van der Waals surface area contributed by atoms with Crippen molar-refractivity contribution in [3.8, 4) is 0 Å². The van der Waals surface area contributed by atoms with Gasteiger partial charge in [0.15, 0.2) is 0 Å². The van der Waals surface area contributed by atoms with Gasteiger partial charge in [-0.05, 0) is 86.6 Å². The molecule has 0 spiro atoms. The summed E-state index contributed by atoms with van der Waals surface area (Å²) in [6, 6.07) is 23.9. The highest BCUT2D eigenvalue weighted by Gasteiger charge is 2.35. The number of aliphatic hydroxyl groups excluding tert-OH is 2. The number of piperazine rings is 2. The number of aliphatic hydroxyl groups is 2. The molecule has 18 heteroatoms. The van der Waals surface area contributed by atoms with E-state index in [0.717, 1.165) is 109 Å². The number of β-amino-alcohol motifs (C(OH)–C–C–N with tert-alkyl or cyclic N) is 2. The zero-order valence-electron chi connectivity index (χ0n) is 34.3. The number of fused-ring (bicyclic) bond motifs is 4. The maximum absolute atomic E-state index is 13.3. The highest BCUT2D eigenvalue weighted by Crippen LogP contribution is 2.51. The molecule has 0 radical (unpaired) electrons. The lowest BCUT2D eigenvalue weighted by Gasteiger charge is -2.36. The lowest BCUT2D eigenvalue weighted by Crippen LogP contribution is -2.47. The molecule has 8 rings (SSSR count). The molecule has 0 bridgehead atoms. The fourth-order valence-electron chi connectivity index (χ4n) is 8.15. The Bertz CT molecular complexity index is 1890. The summed E-state index contributed by atoms with van der Waals surface area (Å²) in [7, 11) is 0. The molecule has 4 aromatic carbocycles. The van der Waals surface area contributed by atoms with Crippen LogP contribution in [-0.2, 0) is 12.4 Å². The first-order chi connectivity index (χ1) is 28.9. The highest BCUT2D eigenvalue weighted by atomic mass is 35.5. The molecule has 0 aromatic heterocycles. The molecular formula is C44H54Cl2F6N6O2S2. The van der Waals surface area contributed by atoms with Gasteiger partial charge in [0, 0.05) is 98.1 Å². The standard InChI is InChI=1S/2C22H26F3N3OS.2ClH/c2*23-22(24,25)17-6-7-21-19(16-17)28(18-4-1-2-5-20(18)30-21)9-3-8-26-10-12-27(13-11-26)14-15-29;;/h2*1-2,4-7,16,29H,3,8-15H2;2*1H. The first-order valence-corrected chi connectivity index (χ1v) is 22.2. The second-order valence-corrected chi connectivity index (χ2v) is 17.5. The smallest absolute Gasteiger partial charge is 0.395 e. The van der Waals surface area contributed by atoms with Crippen molar-refractivity contribution in [1.29, 1.82) is 0 Å². The Balaban J connectivity index is 0.000000227. The normalized spacial score (nSPS) is 17.1. The fourth-order valence-corrected chi connectivity index (χ4v) is 10.3. The van der Waals surface area contributed by atoms with Crippen LogP contribution in [0.3, 0.4) is 0 Å². The molecule has 4 aromatic rings. The summed E-state index contributed by atoms with van der Waals surface area (Å²) in [5.41, 5.74) is 2.02. The van der Waals surface area contributed by atoms with Crippen LogP contribution >= 0.6 is 48.3 Å². The molecule has 4 heterocycles. The summed E-state index contributed by atoms with van der Waals surface area (Å²) < 4.78 is 79.9. The van der Waals surface area contributed by atoms with Gasteiger partial charge < -0.3 is 29.8 Å². The summed E-state index contributed by atoms with van der Waals surface area (Å²) in [6.45, 7) is 12.6. The second-order valence-electron chi connectivity index (χ2n) is 15.3. The predicted octanol–water partition coefficient (Wildman–Crippen LogP) is 9.46. The van der Waals surface area contributed by atoms with Gasteiger partial charge >= 0.3 is 12.4 Å². The van der Waals surface area contributed by atoms with Crippen molar-refractivity contribution in [3.63, 3.8) is 0 Å². The van der Waals surface area contributed by atoms with Crippen LogP contribution in [0.2, 0.25) is 0 Å². The Morgan fingerprint density at radius 1 is 0.419 bits per heavy atom. The number of rotatable bonds is 12. The SMILES string of the molecule is Cl.Cl.OCCN1CCN(CCCN2c3ccccc3Sc3ccc(C(F)(F)F)cc32)CC1.OCCN1CCN(CCCN2c3ccccc3Sc3ccc(C(F)(F)F)cc32)CC1. The molecular weight excluding hydrogens is 894 g/mol. The van der Waals surface area contributed by atoms with Gasteiger partial charge in [-0.1, -0.05) is 47.8 Å². The van der Waals surface area contributed by atoms with Crippen molar-refractivity contribution in [1.82, 2.24) is 19.6 Å². The minimum Gasteiger partial charge on any atom is -0.395 e. The van der Waals surface area contributed by atoms with Crippen molar-refractivity contribution in [2.45, 2.75) is 44.8 Å². The molecule has 62 heavy (non-hydrogen) atoms. The molecule has 0 atom stereocenters. The molecule has 0 amide bonds. The van der Waals surface area contributed by atoms with Crippen molar-refractivity contribution in [2.24, 2.45) is 0 Å². The topological polar surface area (TPSA) is 59.9 Å². The van der Waals surface area contributed by atoms with Gasteiger partial charge in [0.2, 0.25) is 0 Å². The Labute approximate surface area is 381 Å². The Kier molecular flexibility index (Phi) is 18.4. The third-order valence-corrected chi connectivity index (χ3v) is 13.6. The largest absolute Gasteiger partial charge is 0.416 e. The third kappa shape index (κ3) is 12.7. The number of nitrogens with zero attached hydrogens (tertiary/aromatic N) is 6. The van der Waals surface area contributed by atoms with Crippen molar-refractivity contribution in [2.75, 3.05) is 115 Å². The Hall–Kier alpha value is -2.90. The van der Waals surface area contributed by atoms with Gasteiger partial charge in [-0.3, -0.25) is 9.80 Å². The van der Waals surface area contributed by atoms with Gasteiger partial charge in [0.05, 0.1) is 47.1 Å². The van der Waals surface area contributed by atoms with E-state index >= 15 is 0 Å². The van der Waals surface area contributed by atoms with Crippen LogP contribution in [0.1, 0.15) is 24.0 Å². The van der Waals surface area contributed by atoms with E-state index in [2.05, 4.69) is 19.6 Å². The first-order valence-electron chi connectivity index (χ1n) is 20.5. The number of halogens is 8. The number of hydrogen-bond donors (Lipinski definition) is 2. The van der Waals surface area contributed by atoms with Gasteiger partial charge in [-0.25, -0.2) is 0 Å². The van der Waals surface area contributed by atoms with E-state index in [4.69, 9.17) is 10.2 Å². The van der Waals surface area contributed by atoms with Crippen LogP contribution in [0.15, 0.2) is 105 Å². The predicted molar refractivity (Wildman–Crippen MR) is 242 cm³/mol. The number of benzene rings is 4. The summed E-state index contributed by atoms with van der Waals surface area (Å²) in [4.78, 5) is 17.2. The molecule has 2 saturated heterocycles. The second kappa shape index (κ2) is 22.8. The number of anilines is 4. The maximum Gasteiger partial charge on any atom is 0.416 e. The van der Waals surface area contributed by atoms with Crippen molar-refractivity contribution < 1.29 is 36.6 Å². The molecule has 4 aliphatic rings. The zero-order chi connectivity index (χ0) is 42.3. The molecule has 4 aliphatic heterocycles. The number of alkyl halides is 6. The van der Waals surface area contributed by atoms with Crippen molar-refractivity contribution in [3.05, 3.63) is 96.1 Å². The molecule has 8 nitrogen and oxygen atoms in total. The van der Waals surface area contributed by atoms with E-state index in [1.807, 2.05) is 58.3 Å². The van der Waals surface area contributed by atoms with Crippen LogP contribution < -0.4 is 9.80 Å². The van der Waals surface area contributed by atoms with Crippen LogP contribution in [-0.4, -0.2) is 135 Å². The van der Waals surface area contributed by atoms with E-state index in [0.29, 0.717) is 37.6 Å². The Morgan fingerprint density at radius 3 is 1.08 bits per heavy atom. The lowest BCUT2D eigenvalue weighted by molar-refractivity contribution is -0.138. The maximum atomic E-state index is 13.3. The zero-order valence-corrected chi connectivity index (χ0v) is 37.6. The minimum atomic E-state index is -4.35. The van der Waals surface area contributed by atoms with Crippen LogP contribution in [0.5, 0.6) is 0 Å². The lowest BCUT2D eigenvalue weighted by atomic mass is 10.1. The number of para-hydroxylation sites is 2. The monoisotopic (exact) mass is 946 g/mol. The van der Waals surface area contributed by atoms with Gasteiger partial charge in [0.25, 0.3) is 0 Å². The van der Waals surface area contributed by atoms with E-state index in [1.165, 1.54) is 47.8 Å². The van der Waals surface area contributed by atoms with Crippen LogP contribution in [0.25, 0.3) is 0 Å². The Morgan fingerprint density at radius 2 is 0.742 bits per heavy atom. The summed E-state index contributed by atoms with van der Waals surface area (Å²) >= 11 is 3.05.